The molecule has 0 aliphatic heterocycles. The molecule has 0 aliphatic carbocycles. The van der Waals surface area contributed by atoms with Gasteiger partial charge in [-0.3, -0.25) is 0 Å². The number of halogens is 2. The van der Waals surface area contributed by atoms with E-state index in [0.29, 0.717) is 21.4 Å². The number of hydrogen-bond acceptors (Lipinski definition) is 2. The molecular weight excluding hydrogens is 327 g/mol. The summed E-state index contributed by atoms with van der Waals surface area (Å²) in [6.07, 6.45) is 0. The normalized spacial score (nSPS) is 9.73. The van der Waals surface area contributed by atoms with Crippen LogP contribution in [0.5, 0.6) is 0 Å². The molecule has 0 saturated carbocycles. The first-order valence-electron chi connectivity index (χ1n) is 6.18. The highest BCUT2D eigenvalue weighted by Crippen LogP contribution is 2.25. The number of benzene rings is 2. The Morgan fingerprint density at radius 1 is 0.818 bits per heavy atom. The van der Waals surface area contributed by atoms with E-state index in [4.69, 9.17) is 23.2 Å². The summed E-state index contributed by atoms with van der Waals surface area (Å²) in [7, 11) is 0. The van der Waals surface area contributed by atoms with Crippen LogP contribution in [0.2, 0.25) is 10.0 Å². The summed E-state index contributed by atoms with van der Waals surface area (Å²) in [5.74, 6) is 0. The van der Waals surface area contributed by atoms with Crippen molar-refractivity contribution in [3.8, 4) is 0 Å². The van der Waals surface area contributed by atoms with Crippen LogP contribution in [0.15, 0.2) is 48.5 Å². The molecule has 6 nitrogen and oxygen atoms in total. The van der Waals surface area contributed by atoms with Crippen LogP contribution in [-0.2, 0) is 0 Å². The summed E-state index contributed by atoms with van der Waals surface area (Å²) in [5, 5.41) is 5.76. The molecule has 8 heteroatoms. The zero-order valence-electron chi connectivity index (χ0n) is 11.2. The van der Waals surface area contributed by atoms with E-state index in [-0.39, 0.29) is 0 Å². The number of rotatable bonds is 2. The number of anilines is 2. The van der Waals surface area contributed by atoms with Gasteiger partial charge in [-0.05, 0) is 30.3 Å². The maximum Gasteiger partial charge on any atom is 0.338 e. The molecule has 0 bridgehead atoms. The van der Waals surface area contributed by atoms with Gasteiger partial charge in [0.05, 0.1) is 10.7 Å². The lowest BCUT2D eigenvalue weighted by molar-refractivity contribution is 0.237. The van der Waals surface area contributed by atoms with E-state index in [0.717, 1.165) is 0 Å². The largest absolute Gasteiger partial charge is 0.338 e. The summed E-state index contributed by atoms with van der Waals surface area (Å²) in [4.78, 5) is 23.2. The molecule has 22 heavy (non-hydrogen) atoms. The number of carbonyl (C=O) groups excluding carboxylic acids is 2. The zero-order chi connectivity index (χ0) is 15.9. The monoisotopic (exact) mass is 338 g/mol. The summed E-state index contributed by atoms with van der Waals surface area (Å²) in [6, 6.07) is 12.2. The van der Waals surface area contributed by atoms with E-state index < -0.39 is 12.1 Å². The zero-order valence-corrected chi connectivity index (χ0v) is 12.7. The Morgan fingerprint density at radius 3 is 2.14 bits per heavy atom. The molecule has 4 N–H and O–H groups in total. The van der Waals surface area contributed by atoms with Crippen LogP contribution in [0.3, 0.4) is 0 Å². The van der Waals surface area contributed by atoms with Gasteiger partial charge in [0.15, 0.2) is 0 Å². The fraction of sp³-hybridized carbons (Fsp3) is 0. The molecule has 4 amide bonds. The van der Waals surface area contributed by atoms with Crippen molar-refractivity contribution in [3.05, 3.63) is 58.6 Å². The maximum absolute atomic E-state index is 11.7. The summed E-state index contributed by atoms with van der Waals surface area (Å²) >= 11 is 11.7. The second-order valence-corrected chi connectivity index (χ2v) is 4.99. The van der Waals surface area contributed by atoms with Crippen molar-refractivity contribution in [2.24, 2.45) is 0 Å². The first-order chi connectivity index (χ1) is 10.5. The predicted molar refractivity (Wildman–Crippen MR) is 87.2 cm³/mol. The summed E-state index contributed by atoms with van der Waals surface area (Å²) < 4.78 is 0. The van der Waals surface area contributed by atoms with Crippen molar-refractivity contribution >= 4 is 46.6 Å². The smallest absolute Gasteiger partial charge is 0.307 e. The molecule has 0 aromatic heterocycles. The van der Waals surface area contributed by atoms with E-state index in [1.54, 1.807) is 36.4 Å². The van der Waals surface area contributed by atoms with Gasteiger partial charge in [0.2, 0.25) is 0 Å². The number of hydrazine groups is 1. The van der Waals surface area contributed by atoms with Crippen molar-refractivity contribution in [1.29, 1.82) is 0 Å². The van der Waals surface area contributed by atoms with Gasteiger partial charge in [-0.25, -0.2) is 20.4 Å². The number of para-hydroxylation sites is 1. The molecule has 0 aliphatic rings. The third-order valence-electron chi connectivity index (χ3n) is 2.50. The minimum Gasteiger partial charge on any atom is -0.307 e. The fourth-order valence-electron chi connectivity index (χ4n) is 1.54. The average molecular weight is 339 g/mol. The molecule has 2 aromatic rings. The maximum atomic E-state index is 11.7. The molecule has 0 fully saturated rings. The van der Waals surface area contributed by atoms with Crippen LogP contribution in [0.1, 0.15) is 0 Å². The molecule has 0 saturated heterocycles. The van der Waals surface area contributed by atoms with E-state index in [2.05, 4.69) is 21.5 Å². The van der Waals surface area contributed by atoms with E-state index in [9.17, 15) is 9.59 Å². The molecule has 0 heterocycles. The molecule has 0 unspecified atom stereocenters. The quantitative estimate of drug-likeness (QED) is 0.627. The lowest BCUT2D eigenvalue weighted by Crippen LogP contribution is -2.45. The Hall–Kier alpha value is -2.44. The van der Waals surface area contributed by atoms with Gasteiger partial charge in [0.1, 0.15) is 0 Å². The van der Waals surface area contributed by atoms with Gasteiger partial charge in [0, 0.05) is 10.7 Å². The number of amides is 4. The van der Waals surface area contributed by atoms with E-state index in [1.165, 1.54) is 6.07 Å². The standard InChI is InChI=1S/C14H12Cl2N4O2/c15-9-6-7-11(16)12(8-9)18-14(22)20-19-13(21)17-10-4-2-1-3-5-10/h1-8H,(H2,17,19,21)(H2,18,20,22). The van der Waals surface area contributed by atoms with Crippen molar-refractivity contribution < 1.29 is 9.59 Å². The van der Waals surface area contributed by atoms with Gasteiger partial charge in [-0.15, -0.1) is 0 Å². The molecule has 0 radical (unpaired) electrons. The Kier molecular flexibility index (Phi) is 5.46. The highest BCUT2D eigenvalue weighted by Gasteiger charge is 2.07. The lowest BCUT2D eigenvalue weighted by atomic mass is 10.3. The molecule has 0 spiro atoms. The van der Waals surface area contributed by atoms with Crippen molar-refractivity contribution in [3.63, 3.8) is 0 Å². The van der Waals surface area contributed by atoms with Gasteiger partial charge >= 0.3 is 12.1 Å². The third kappa shape index (κ3) is 4.83. The van der Waals surface area contributed by atoms with Crippen LogP contribution in [0.25, 0.3) is 0 Å². The topological polar surface area (TPSA) is 82.3 Å². The Bertz CT molecular complexity index is 680. The minimum absolute atomic E-state index is 0.327. The van der Waals surface area contributed by atoms with Crippen molar-refractivity contribution in [1.82, 2.24) is 10.9 Å². The lowest BCUT2D eigenvalue weighted by Gasteiger charge is -2.11. The fourth-order valence-corrected chi connectivity index (χ4v) is 1.88. The molecule has 0 atom stereocenters. The molecular formula is C14H12Cl2N4O2. The van der Waals surface area contributed by atoms with Crippen LogP contribution in [0.4, 0.5) is 21.0 Å². The number of carbonyl (C=O) groups is 2. The summed E-state index contributed by atoms with van der Waals surface area (Å²) in [6.45, 7) is 0. The number of urea groups is 2. The average Bonchev–Trinajstić information content (AvgIpc) is 2.50. The van der Waals surface area contributed by atoms with Crippen molar-refractivity contribution in [2.75, 3.05) is 10.6 Å². The second kappa shape index (κ2) is 7.53. The third-order valence-corrected chi connectivity index (χ3v) is 3.06. The SMILES string of the molecule is O=C(NNC(=O)Nc1cc(Cl)ccc1Cl)Nc1ccccc1. The Balaban J connectivity index is 1.82. The number of nitrogens with one attached hydrogen (secondary N) is 4. The first-order valence-corrected chi connectivity index (χ1v) is 6.94. The van der Waals surface area contributed by atoms with Crippen LogP contribution < -0.4 is 21.5 Å². The van der Waals surface area contributed by atoms with E-state index >= 15 is 0 Å². The summed E-state index contributed by atoms with van der Waals surface area (Å²) in [5.41, 5.74) is 5.31. The highest BCUT2D eigenvalue weighted by atomic mass is 35.5. The number of hydrogen-bond donors (Lipinski definition) is 4. The van der Waals surface area contributed by atoms with Gasteiger partial charge in [0.25, 0.3) is 0 Å². The Morgan fingerprint density at radius 2 is 1.45 bits per heavy atom. The van der Waals surface area contributed by atoms with Crippen LogP contribution in [0, 0.1) is 0 Å². The predicted octanol–water partition coefficient (Wildman–Crippen LogP) is 3.85. The van der Waals surface area contributed by atoms with Gasteiger partial charge in [-0.2, -0.15) is 0 Å². The first kappa shape index (κ1) is 15.9. The van der Waals surface area contributed by atoms with Crippen molar-refractivity contribution in [2.45, 2.75) is 0 Å². The van der Waals surface area contributed by atoms with Gasteiger partial charge < -0.3 is 10.6 Å². The Labute approximate surface area is 136 Å². The molecule has 2 rings (SSSR count). The van der Waals surface area contributed by atoms with E-state index in [1.807, 2.05) is 6.07 Å². The highest BCUT2D eigenvalue weighted by molar-refractivity contribution is 6.35. The minimum atomic E-state index is -0.660. The molecule has 2 aromatic carbocycles. The van der Waals surface area contributed by atoms with Crippen LogP contribution in [-0.4, -0.2) is 12.1 Å². The second-order valence-electron chi connectivity index (χ2n) is 4.15. The van der Waals surface area contributed by atoms with Crippen LogP contribution >= 0.6 is 23.2 Å². The molecule has 114 valence electrons. The van der Waals surface area contributed by atoms with Gasteiger partial charge in [-0.1, -0.05) is 41.4 Å².